The summed E-state index contributed by atoms with van der Waals surface area (Å²) in [7, 11) is 1.77. The average Bonchev–Trinajstić information content (AvgIpc) is 3.21. The van der Waals surface area contributed by atoms with Crippen LogP contribution in [0.2, 0.25) is 0 Å². The Morgan fingerprint density at radius 2 is 1.70 bits per heavy atom. The van der Waals surface area contributed by atoms with Crippen LogP contribution in [0.25, 0.3) is 0 Å². The van der Waals surface area contributed by atoms with E-state index < -0.39 is 0 Å². The van der Waals surface area contributed by atoms with Crippen LogP contribution in [0.4, 0.5) is 0 Å². The number of benzene rings is 2. The van der Waals surface area contributed by atoms with Crippen LogP contribution in [-0.2, 0) is 4.79 Å². The molecule has 0 N–H and O–H groups in total. The van der Waals surface area contributed by atoms with Crippen LogP contribution in [0.15, 0.2) is 65.7 Å². The fraction of sp³-hybridized carbons (Fsp3) is 0.516. The van der Waals surface area contributed by atoms with Crippen molar-refractivity contribution in [3.05, 3.63) is 76.9 Å². The zero-order valence-corrected chi connectivity index (χ0v) is 20.1. The standard InChI is InChI=1S/C31H36O2/c1-31-16-15-24-25(29(31)14-13-28(31)22-9-6-10-23(17-22)33-2)12-11-21-18-30(32)27(19-26(21)24)20-7-4-3-5-8-20/h3-10,17,21,25,27-29H,11-16,18-19H2,1-2H3/t21?,25-,27?,28+,29+,31-/m1/s1. The van der Waals surface area contributed by atoms with Gasteiger partial charge in [0, 0.05) is 12.3 Å². The number of rotatable bonds is 3. The minimum Gasteiger partial charge on any atom is -0.497 e. The molecule has 2 unspecified atom stereocenters. The number of carbonyl (C=O) groups is 1. The van der Waals surface area contributed by atoms with Gasteiger partial charge in [0.05, 0.1) is 7.11 Å². The Balaban J connectivity index is 1.31. The van der Waals surface area contributed by atoms with Gasteiger partial charge in [0.2, 0.25) is 0 Å². The molecular weight excluding hydrogens is 404 g/mol. The molecule has 6 rings (SSSR count). The predicted molar refractivity (Wildman–Crippen MR) is 132 cm³/mol. The third-order valence-corrected chi connectivity index (χ3v) is 9.97. The van der Waals surface area contributed by atoms with Gasteiger partial charge in [-0.05, 0) is 97.3 Å². The molecule has 172 valence electrons. The van der Waals surface area contributed by atoms with E-state index in [0.29, 0.717) is 23.0 Å². The van der Waals surface area contributed by atoms with E-state index in [4.69, 9.17) is 4.74 Å². The van der Waals surface area contributed by atoms with Crippen LogP contribution in [0, 0.1) is 23.2 Å². The molecule has 33 heavy (non-hydrogen) atoms. The molecule has 0 aliphatic heterocycles. The molecule has 2 aromatic carbocycles. The first-order valence-electron chi connectivity index (χ1n) is 13.0. The van der Waals surface area contributed by atoms with Gasteiger partial charge in [0.25, 0.3) is 0 Å². The molecule has 3 saturated carbocycles. The first kappa shape index (κ1) is 21.2. The number of Topliss-reactive ketones (excluding diaryl/α,β-unsaturated/α-hetero) is 1. The highest BCUT2D eigenvalue weighted by Gasteiger charge is 2.54. The van der Waals surface area contributed by atoms with Crippen molar-refractivity contribution < 1.29 is 9.53 Å². The van der Waals surface area contributed by atoms with Crippen LogP contribution in [0.3, 0.4) is 0 Å². The van der Waals surface area contributed by atoms with Gasteiger partial charge < -0.3 is 4.74 Å². The second-order valence-electron chi connectivity index (χ2n) is 11.3. The van der Waals surface area contributed by atoms with Crippen molar-refractivity contribution in [3.63, 3.8) is 0 Å². The Morgan fingerprint density at radius 3 is 2.52 bits per heavy atom. The quantitative estimate of drug-likeness (QED) is 0.463. The highest BCUT2D eigenvalue weighted by Crippen LogP contribution is 2.65. The second-order valence-corrected chi connectivity index (χ2v) is 11.3. The predicted octanol–water partition coefficient (Wildman–Crippen LogP) is 7.46. The van der Waals surface area contributed by atoms with Crippen LogP contribution in [0.1, 0.15) is 81.3 Å². The normalized spacial score (nSPS) is 35.6. The fourth-order valence-electron chi connectivity index (χ4n) is 8.34. The van der Waals surface area contributed by atoms with E-state index in [1.807, 2.05) is 0 Å². The summed E-state index contributed by atoms with van der Waals surface area (Å²) in [6.45, 7) is 2.58. The molecule has 4 aliphatic carbocycles. The molecule has 0 amide bonds. The maximum atomic E-state index is 13.1. The molecule has 3 fully saturated rings. The van der Waals surface area contributed by atoms with E-state index in [1.54, 1.807) is 18.3 Å². The average molecular weight is 441 g/mol. The summed E-state index contributed by atoms with van der Waals surface area (Å²) in [6.07, 6.45) is 9.39. The van der Waals surface area contributed by atoms with E-state index in [0.717, 1.165) is 30.4 Å². The molecule has 2 nitrogen and oxygen atoms in total. The van der Waals surface area contributed by atoms with Gasteiger partial charge in [0.1, 0.15) is 11.5 Å². The molecule has 2 heteroatoms. The van der Waals surface area contributed by atoms with Crippen LogP contribution in [-0.4, -0.2) is 12.9 Å². The molecule has 0 saturated heterocycles. The summed E-state index contributed by atoms with van der Waals surface area (Å²) in [5.74, 6) is 4.18. The van der Waals surface area contributed by atoms with E-state index >= 15 is 0 Å². The number of ketones is 1. The lowest BCUT2D eigenvalue weighted by Crippen LogP contribution is -2.41. The maximum Gasteiger partial charge on any atom is 0.141 e. The summed E-state index contributed by atoms with van der Waals surface area (Å²) in [6, 6.07) is 19.4. The molecule has 4 aliphatic rings. The van der Waals surface area contributed by atoms with Crippen molar-refractivity contribution in [1.29, 1.82) is 0 Å². The Kier molecular flexibility index (Phi) is 5.24. The first-order chi connectivity index (χ1) is 16.1. The molecular formula is C31H36O2. The van der Waals surface area contributed by atoms with Gasteiger partial charge in [-0.25, -0.2) is 0 Å². The number of hydrogen-bond acceptors (Lipinski definition) is 2. The Hall–Kier alpha value is -2.35. The van der Waals surface area contributed by atoms with Gasteiger partial charge in [0.15, 0.2) is 0 Å². The number of methoxy groups -OCH3 is 1. The Bertz CT molecular complexity index is 1080. The van der Waals surface area contributed by atoms with Gasteiger partial charge in [-0.2, -0.15) is 0 Å². The largest absolute Gasteiger partial charge is 0.497 e. The number of carbonyl (C=O) groups excluding carboxylic acids is 1. The number of allylic oxidation sites excluding steroid dienone is 2. The van der Waals surface area contributed by atoms with Crippen molar-refractivity contribution in [2.45, 2.75) is 70.1 Å². The molecule has 0 aromatic heterocycles. The minimum atomic E-state index is 0.0742. The number of ether oxygens (including phenoxy) is 1. The zero-order valence-electron chi connectivity index (χ0n) is 20.1. The smallest absolute Gasteiger partial charge is 0.141 e. The van der Waals surface area contributed by atoms with Crippen molar-refractivity contribution in [1.82, 2.24) is 0 Å². The highest BCUT2D eigenvalue weighted by atomic mass is 16.5. The third kappa shape index (κ3) is 3.40. The van der Waals surface area contributed by atoms with Crippen LogP contribution >= 0.6 is 0 Å². The van der Waals surface area contributed by atoms with Gasteiger partial charge in [-0.1, -0.05) is 60.5 Å². The van der Waals surface area contributed by atoms with Gasteiger partial charge >= 0.3 is 0 Å². The summed E-state index contributed by atoms with van der Waals surface area (Å²) in [4.78, 5) is 13.1. The third-order valence-electron chi connectivity index (χ3n) is 9.97. The molecule has 2 aromatic rings. The van der Waals surface area contributed by atoms with Crippen molar-refractivity contribution >= 4 is 5.78 Å². The fourth-order valence-corrected chi connectivity index (χ4v) is 8.34. The first-order valence-corrected chi connectivity index (χ1v) is 13.0. The maximum absolute atomic E-state index is 13.1. The molecule has 0 spiro atoms. The molecule has 0 radical (unpaired) electrons. The van der Waals surface area contributed by atoms with Gasteiger partial charge in [-0.3, -0.25) is 4.79 Å². The number of hydrogen-bond donors (Lipinski definition) is 0. The zero-order chi connectivity index (χ0) is 22.6. The minimum absolute atomic E-state index is 0.0742. The number of fused-ring (bicyclic) bond motifs is 4. The van der Waals surface area contributed by atoms with Crippen LogP contribution < -0.4 is 4.74 Å². The monoisotopic (exact) mass is 440 g/mol. The van der Waals surface area contributed by atoms with Crippen LogP contribution in [0.5, 0.6) is 5.75 Å². The lowest BCUT2D eigenvalue weighted by molar-refractivity contribution is -0.122. The van der Waals surface area contributed by atoms with E-state index in [1.165, 1.54) is 49.7 Å². The Labute approximate surface area is 198 Å². The lowest BCUT2D eigenvalue weighted by Gasteiger charge is -2.51. The highest BCUT2D eigenvalue weighted by molar-refractivity contribution is 5.88. The molecule has 0 bridgehead atoms. The summed E-state index contributed by atoms with van der Waals surface area (Å²) in [5, 5.41) is 0. The van der Waals surface area contributed by atoms with Crippen molar-refractivity contribution in [3.8, 4) is 5.75 Å². The van der Waals surface area contributed by atoms with Gasteiger partial charge in [-0.15, -0.1) is 0 Å². The lowest BCUT2D eigenvalue weighted by atomic mass is 9.54. The second kappa shape index (κ2) is 8.15. The molecule has 0 heterocycles. The summed E-state index contributed by atoms with van der Waals surface area (Å²) in [5.41, 5.74) is 6.52. The van der Waals surface area contributed by atoms with E-state index in [-0.39, 0.29) is 5.92 Å². The topological polar surface area (TPSA) is 26.3 Å². The van der Waals surface area contributed by atoms with Crippen molar-refractivity contribution in [2.75, 3.05) is 7.11 Å². The van der Waals surface area contributed by atoms with Crippen molar-refractivity contribution in [2.24, 2.45) is 23.2 Å². The molecule has 6 atom stereocenters. The SMILES string of the molecule is COc1cccc([C@@H]2CC[C@H]3[C@@H]4CCC5CC(=O)C(c6ccccc6)CC5=C4CC[C@]23C)c1. The summed E-state index contributed by atoms with van der Waals surface area (Å²) < 4.78 is 5.55. The summed E-state index contributed by atoms with van der Waals surface area (Å²) >= 11 is 0. The van der Waals surface area contributed by atoms with E-state index in [2.05, 4.69) is 61.5 Å². The van der Waals surface area contributed by atoms with E-state index in [9.17, 15) is 4.79 Å². The Morgan fingerprint density at radius 1 is 0.879 bits per heavy atom.